The van der Waals surface area contributed by atoms with Crippen LogP contribution in [0.5, 0.6) is 0 Å². The van der Waals surface area contributed by atoms with E-state index < -0.39 is 0 Å². The van der Waals surface area contributed by atoms with E-state index in [0.717, 1.165) is 12.8 Å². The van der Waals surface area contributed by atoms with Gasteiger partial charge in [0.05, 0.1) is 0 Å². The van der Waals surface area contributed by atoms with E-state index in [0.29, 0.717) is 6.04 Å². The van der Waals surface area contributed by atoms with Crippen molar-refractivity contribution in [2.45, 2.75) is 25.3 Å². The van der Waals surface area contributed by atoms with Gasteiger partial charge >= 0.3 is 0 Å². The Morgan fingerprint density at radius 3 is 2.60 bits per heavy atom. The predicted molar refractivity (Wildman–Crippen MR) is 47.1 cm³/mol. The number of allylic oxidation sites excluding steroid dienone is 1. The van der Waals surface area contributed by atoms with Crippen LogP contribution in [0.2, 0.25) is 0 Å². The average Bonchev–Trinajstić information content (AvgIpc) is 1.99. The molecule has 1 unspecified atom stereocenters. The first-order valence-electron chi connectivity index (χ1n) is 3.76. The van der Waals surface area contributed by atoms with Gasteiger partial charge in [-0.05, 0) is 26.3 Å². The lowest BCUT2D eigenvalue weighted by molar-refractivity contribution is 0.590. The first-order valence-corrected chi connectivity index (χ1v) is 3.76. The van der Waals surface area contributed by atoms with E-state index in [-0.39, 0.29) is 0 Å². The molecule has 10 heavy (non-hydrogen) atoms. The molecule has 0 aliphatic carbocycles. The van der Waals surface area contributed by atoms with Crippen molar-refractivity contribution in [3.8, 4) is 0 Å². The maximum atomic E-state index is 3.72. The van der Waals surface area contributed by atoms with Gasteiger partial charge in [-0.2, -0.15) is 0 Å². The molecule has 0 aliphatic heterocycles. The van der Waals surface area contributed by atoms with Gasteiger partial charge in [-0.3, -0.25) is 0 Å². The smallest absolute Gasteiger partial charge is 0.0244 e. The van der Waals surface area contributed by atoms with Crippen molar-refractivity contribution in [3.05, 3.63) is 25.3 Å². The number of likely N-dealkylation sites (N-methyl/N-ethyl adjacent to an activating group) is 1. The summed E-state index contributed by atoms with van der Waals surface area (Å²) in [5.41, 5.74) is 0. The molecule has 0 heterocycles. The van der Waals surface area contributed by atoms with Crippen LogP contribution < -0.4 is 5.32 Å². The van der Waals surface area contributed by atoms with E-state index >= 15 is 0 Å². The first kappa shape index (κ1) is 9.44. The van der Waals surface area contributed by atoms with Crippen LogP contribution in [0.1, 0.15) is 19.3 Å². The Bertz CT molecular complexity index is 96.9. The molecular formula is C9H17N. The minimum absolute atomic E-state index is 0.472. The maximum absolute atomic E-state index is 3.72. The minimum Gasteiger partial charge on any atom is -0.314 e. The fourth-order valence-corrected chi connectivity index (χ4v) is 0.862. The van der Waals surface area contributed by atoms with Crippen LogP contribution in [-0.2, 0) is 0 Å². The number of nitrogens with one attached hydrogen (secondary N) is 1. The van der Waals surface area contributed by atoms with Crippen molar-refractivity contribution in [2.75, 3.05) is 7.05 Å². The lowest BCUT2D eigenvalue weighted by atomic mass is 10.1. The summed E-state index contributed by atoms with van der Waals surface area (Å²) in [5, 5.41) is 3.16. The van der Waals surface area contributed by atoms with Crippen molar-refractivity contribution in [1.29, 1.82) is 0 Å². The van der Waals surface area contributed by atoms with E-state index in [1.165, 1.54) is 6.42 Å². The Morgan fingerprint density at radius 1 is 1.50 bits per heavy atom. The van der Waals surface area contributed by atoms with E-state index in [2.05, 4.69) is 18.5 Å². The van der Waals surface area contributed by atoms with Gasteiger partial charge in [0.25, 0.3) is 0 Å². The number of rotatable bonds is 6. The summed E-state index contributed by atoms with van der Waals surface area (Å²) >= 11 is 0. The summed E-state index contributed by atoms with van der Waals surface area (Å²) in [4.78, 5) is 0. The molecule has 0 fully saturated rings. The zero-order valence-electron chi connectivity index (χ0n) is 6.77. The molecule has 0 aliphatic rings. The molecule has 0 saturated heterocycles. The highest BCUT2D eigenvalue weighted by Gasteiger charge is 1.96. The fraction of sp³-hybridized carbons (Fsp3) is 0.556. The highest BCUT2D eigenvalue weighted by Crippen LogP contribution is 2.00. The third kappa shape index (κ3) is 4.33. The van der Waals surface area contributed by atoms with E-state index in [1.807, 2.05) is 19.2 Å². The van der Waals surface area contributed by atoms with Gasteiger partial charge in [0.2, 0.25) is 0 Å². The molecule has 58 valence electrons. The van der Waals surface area contributed by atoms with Crippen molar-refractivity contribution in [2.24, 2.45) is 0 Å². The van der Waals surface area contributed by atoms with Gasteiger partial charge in [0.15, 0.2) is 0 Å². The van der Waals surface area contributed by atoms with Crippen molar-refractivity contribution >= 4 is 0 Å². The Balaban J connectivity index is 3.25. The zero-order chi connectivity index (χ0) is 7.82. The molecule has 0 rings (SSSR count). The van der Waals surface area contributed by atoms with Crippen LogP contribution >= 0.6 is 0 Å². The zero-order valence-corrected chi connectivity index (χ0v) is 6.77. The third-order valence-corrected chi connectivity index (χ3v) is 1.58. The van der Waals surface area contributed by atoms with Crippen molar-refractivity contribution in [1.82, 2.24) is 5.32 Å². The maximum Gasteiger partial charge on any atom is 0.0244 e. The normalized spacial score (nSPS) is 12.5. The summed E-state index contributed by atoms with van der Waals surface area (Å²) in [6.07, 6.45) is 7.36. The van der Waals surface area contributed by atoms with Crippen LogP contribution in [0.25, 0.3) is 0 Å². The summed E-state index contributed by atoms with van der Waals surface area (Å²) in [6, 6.07) is 0.472. The quantitative estimate of drug-likeness (QED) is 0.439. The van der Waals surface area contributed by atoms with Gasteiger partial charge in [0, 0.05) is 6.04 Å². The molecule has 1 heteroatoms. The lowest BCUT2D eigenvalue weighted by Gasteiger charge is -2.08. The highest BCUT2D eigenvalue weighted by molar-refractivity contribution is 4.84. The minimum atomic E-state index is 0.472. The molecule has 1 N–H and O–H groups in total. The van der Waals surface area contributed by atoms with Crippen LogP contribution in [0.15, 0.2) is 25.3 Å². The second-order valence-electron chi connectivity index (χ2n) is 2.35. The first-order chi connectivity index (χ1) is 4.85. The monoisotopic (exact) mass is 139 g/mol. The van der Waals surface area contributed by atoms with Crippen molar-refractivity contribution in [3.63, 3.8) is 0 Å². The largest absolute Gasteiger partial charge is 0.314 e. The standard InChI is InChI=1S/C9H17N/c1-4-6-7-8-9(5-2)10-3/h4-5,9-10H,1-2,6-8H2,3H3. The highest BCUT2D eigenvalue weighted by atomic mass is 14.8. The molecule has 0 spiro atoms. The van der Waals surface area contributed by atoms with E-state index in [9.17, 15) is 0 Å². The number of hydrogen-bond acceptors (Lipinski definition) is 1. The molecule has 0 amide bonds. The Kier molecular flexibility index (Phi) is 6.19. The van der Waals surface area contributed by atoms with Gasteiger partial charge < -0.3 is 5.32 Å². The van der Waals surface area contributed by atoms with Gasteiger partial charge in [-0.15, -0.1) is 13.2 Å². The third-order valence-electron chi connectivity index (χ3n) is 1.58. The number of hydrogen-bond donors (Lipinski definition) is 1. The van der Waals surface area contributed by atoms with Crippen LogP contribution in [0, 0.1) is 0 Å². The fourth-order valence-electron chi connectivity index (χ4n) is 0.862. The van der Waals surface area contributed by atoms with Crippen molar-refractivity contribution < 1.29 is 0 Å². The number of unbranched alkanes of at least 4 members (excludes halogenated alkanes) is 1. The summed E-state index contributed by atoms with van der Waals surface area (Å²) < 4.78 is 0. The topological polar surface area (TPSA) is 12.0 Å². The molecular weight excluding hydrogens is 122 g/mol. The van der Waals surface area contributed by atoms with Gasteiger partial charge in [-0.25, -0.2) is 0 Å². The second kappa shape index (κ2) is 6.56. The summed E-state index contributed by atoms with van der Waals surface area (Å²) in [7, 11) is 1.96. The molecule has 0 bridgehead atoms. The lowest BCUT2D eigenvalue weighted by Crippen LogP contribution is -2.21. The second-order valence-corrected chi connectivity index (χ2v) is 2.35. The molecule has 0 aromatic carbocycles. The van der Waals surface area contributed by atoms with E-state index in [1.54, 1.807) is 0 Å². The molecule has 0 aromatic rings. The van der Waals surface area contributed by atoms with E-state index in [4.69, 9.17) is 0 Å². The molecule has 1 atom stereocenters. The van der Waals surface area contributed by atoms with Crippen LogP contribution in [0.4, 0.5) is 0 Å². The Hall–Kier alpha value is -0.560. The molecule has 1 nitrogen and oxygen atoms in total. The summed E-state index contributed by atoms with van der Waals surface area (Å²) in [6.45, 7) is 7.39. The van der Waals surface area contributed by atoms with Crippen LogP contribution in [-0.4, -0.2) is 13.1 Å². The molecule has 0 aromatic heterocycles. The van der Waals surface area contributed by atoms with Gasteiger partial charge in [-0.1, -0.05) is 12.2 Å². The average molecular weight is 139 g/mol. The Labute approximate surface area is 63.8 Å². The van der Waals surface area contributed by atoms with Crippen LogP contribution in [0.3, 0.4) is 0 Å². The SMILES string of the molecule is C=CCCCC(C=C)NC. The predicted octanol–water partition coefficient (Wildman–Crippen LogP) is 2.12. The van der Waals surface area contributed by atoms with Gasteiger partial charge in [0.1, 0.15) is 0 Å². The summed E-state index contributed by atoms with van der Waals surface area (Å²) in [5.74, 6) is 0. The molecule has 0 saturated carbocycles. The molecule has 0 radical (unpaired) electrons. The Morgan fingerprint density at radius 2 is 2.20 bits per heavy atom.